The van der Waals surface area contributed by atoms with Crippen LogP contribution >= 0.6 is 0 Å². The minimum absolute atomic E-state index is 0.0370. The molecule has 0 aliphatic rings. The van der Waals surface area contributed by atoms with E-state index in [0.717, 1.165) is 5.56 Å². The molecule has 0 radical (unpaired) electrons. The summed E-state index contributed by atoms with van der Waals surface area (Å²) in [6, 6.07) is 7.82. The highest BCUT2D eigenvalue weighted by Gasteiger charge is 2.08. The Morgan fingerprint density at radius 2 is 2.00 bits per heavy atom. The second-order valence-corrected chi connectivity index (χ2v) is 4.00. The number of hydrogen-bond donors (Lipinski definition) is 1. The summed E-state index contributed by atoms with van der Waals surface area (Å²) in [6.45, 7) is 4.08. The van der Waals surface area contributed by atoms with Crippen LogP contribution in [-0.2, 0) is 11.3 Å². The molecule has 0 saturated carbocycles. The Morgan fingerprint density at radius 1 is 1.28 bits per heavy atom. The van der Waals surface area contributed by atoms with Crippen molar-refractivity contribution in [2.75, 3.05) is 0 Å². The Bertz CT molecular complexity index is 531. The van der Waals surface area contributed by atoms with E-state index in [1.807, 2.05) is 31.2 Å². The van der Waals surface area contributed by atoms with Crippen molar-refractivity contribution < 1.29 is 9.21 Å². The van der Waals surface area contributed by atoms with E-state index in [0.29, 0.717) is 18.2 Å². The van der Waals surface area contributed by atoms with Gasteiger partial charge in [0.2, 0.25) is 17.7 Å². The highest BCUT2D eigenvalue weighted by Crippen LogP contribution is 2.17. The second kappa shape index (κ2) is 5.44. The van der Waals surface area contributed by atoms with Crippen LogP contribution in [0.25, 0.3) is 11.5 Å². The van der Waals surface area contributed by atoms with Crippen LogP contribution < -0.4 is 5.32 Å². The second-order valence-electron chi connectivity index (χ2n) is 4.00. The lowest BCUT2D eigenvalue weighted by molar-refractivity contribution is -0.121. The van der Waals surface area contributed by atoms with Crippen LogP contribution in [0, 0.1) is 6.92 Å². The molecule has 1 aromatic carbocycles. The Kier molecular flexibility index (Phi) is 3.72. The molecule has 94 valence electrons. The molecule has 1 heterocycles. The van der Waals surface area contributed by atoms with Crippen molar-refractivity contribution in [2.45, 2.75) is 26.8 Å². The molecule has 0 saturated heterocycles. The maximum absolute atomic E-state index is 11.1. The first-order valence-electron chi connectivity index (χ1n) is 5.85. The number of benzene rings is 1. The van der Waals surface area contributed by atoms with Gasteiger partial charge in [-0.05, 0) is 19.1 Å². The molecule has 18 heavy (non-hydrogen) atoms. The zero-order valence-corrected chi connectivity index (χ0v) is 10.4. The maximum atomic E-state index is 11.1. The van der Waals surface area contributed by atoms with Crippen LogP contribution in [0.15, 0.2) is 28.7 Å². The molecule has 0 unspecified atom stereocenters. The molecule has 0 spiro atoms. The lowest BCUT2D eigenvalue weighted by Crippen LogP contribution is -2.21. The molecule has 2 aromatic rings. The number of amides is 1. The largest absolute Gasteiger partial charge is 0.419 e. The molecule has 1 amide bonds. The van der Waals surface area contributed by atoms with Crippen molar-refractivity contribution in [3.05, 3.63) is 35.7 Å². The highest BCUT2D eigenvalue weighted by atomic mass is 16.4. The van der Waals surface area contributed by atoms with Gasteiger partial charge < -0.3 is 9.73 Å². The van der Waals surface area contributed by atoms with Crippen LogP contribution in [0.4, 0.5) is 0 Å². The maximum Gasteiger partial charge on any atom is 0.247 e. The van der Waals surface area contributed by atoms with Gasteiger partial charge in [0.15, 0.2) is 0 Å². The first kappa shape index (κ1) is 12.3. The van der Waals surface area contributed by atoms with Gasteiger partial charge in [0.25, 0.3) is 0 Å². The van der Waals surface area contributed by atoms with Crippen molar-refractivity contribution in [1.82, 2.24) is 15.5 Å². The zero-order valence-electron chi connectivity index (χ0n) is 10.4. The summed E-state index contributed by atoms with van der Waals surface area (Å²) in [5.74, 6) is 0.841. The Labute approximate surface area is 105 Å². The SMILES string of the molecule is CCC(=O)NCc1nnc(-c2ccc(C)cc2)o1. The predicted molar refractivity (Wildman–Crippen MR) is 66.6 cm³/mol. The average molecular weight is 245 g/mol. The first-order chi connectivity index (χ1) is 8.69. The van der Waals surface area contributed by atoms with E-state index in [1.165, 1.54) is 5.56 Å². The monoisotopic (exact) mass is 245 g/mol. The van der Waals surface area contributed by atoms with Gasteiger partial charge >= 0.3 is 0 Å². The number of aromatic nitrogens is 2. The van der Waals surface area contributed by atoms with Gasteiger partial charge in [-0.3, -0.25) is 4.79 Å². The highest BCUT2D eigenvalue weighted by molar-refractivity contribution is 5.75. The molecule has 0 aliphatic heterocycles. The zero-order chi connectivity index (χ0) is 13.0. The number of nitrogens with one attached hydrogen (secondary N) is 1. The number of carbonyl (C=O) groups excluding carboxylic acids is 1. The molecule has 5 heteroatoms. The van der Waals surface area contributed by atoms with Gasteiger partial charge in [-0.15, -0.1) is 10.2 Å². The van der Waals surface area contributed by atoms with Crippen molar-refractivity contribution in [3.63, 3.8) is 0 Å². The van der Waals surface area contributed by atoms with Crippen molar-refractivity contribution in [3.8, 4) is 11.5 Å². The minimum Gasteiger partial charge on any atom is -0.419 e. The smallest absolute Gasteiger partial charge is 0.247 e. The molecule has 1 aromatic heterocycles. The fraction of sp³-hybridized carbons (Fsp3) is 0.308. The molecule has 0 atom stereocenters. The summed E-state index contributed by atoms with van der Waals surface area (Å²) in [6.07, 6.45) is 0.443. The molecule has 1 N–H and O–H groups in total. The summed E-state index contributed by atoms with van der Waals surface area (Å²) in [7, 11) is 0. The fourth-order valence-corrected chi connectivity index (χ4v) is 1.44. The fourth-order valence-electron chi connectivity index (χ4n) is 1.44. The number of aryl methyl sites for hydroxylation is 1. The van der Waals surface area contributed by atoms with E-state index >= 15 is 0 Å². The quantitative estimate of drug-likeness (QED) is 0.895. The number of hydrogen-bond acceptors (Lipinski definition) is 4. The van der Waals surface area contributed by atoms with Crippen LogP contribution in [0.1, 0.15) is 24.8 Å². The van der Waals surface area contributed by atoms with Gasteiger partial charge in [-0.2, -0.15) is 0 Å². The van der Waals surface area contributed by atoms with E-state index in [2.05, 4.69) is 15.5 Å². The molecule has 0 aliphatic carbocycles. The lowest BCUT2D eigenvalue weighted by Gasteiger charge is -1.98. The number of rotatable bonds is 4. The normalized spacial score (nSPS) is 10.3. The van der Waals surface area contributed by atoms with Crippen molar-refractivity contribution in [2.24, 2.45) is 0 Å². The molecule has 0 bridgehead atoms. The molecule has 2 rings (SSSR count). The van der Waals surface area contributed by atoms with Gasteiger partial charge in [0, 0.05) is 12.0 Å². The van der Waals surface area contributed by atoms with E-state index in [4.69, 9.17) is 4.42 Å². The van der Waals surface area contributed by atoms with E-state index < -0.39 is 0 Å². The Morgan fingerprint density at radius 3 is 2.67 bits per heavy atom. The lowest BCUT2D eigenvalue weighted by atomic mass is 10.1. The van der Waals surface area contributed by atoms with Crippen molar-refractivity contribution >= 4 is 5.91 Å². The third-order valence-corrected chi connectivity index (χ3v) is 2.52. The first-order valence-corrected chi connectivity index (χ1v) is 5.85. The van der Waals surface area contributed by atoms with E-state index in [1.54, 1.807) is 6.92 Å². The number of carbonyl (C=O) groups is 1. The van der Waals surface area contributed by atoms with Crippen LogP contribution in [0.3, 0.4) is 0 Å². The van der Waals surface area contributed by atoms with Gasteiger partial charge in [0.1, 0.15) is 0 Å². The summed E-state index contributed by atoms with van der Waals surface area (Å²) in [4.78, 5) is 11.1. The summed E-state index contributed by atoms with van der Waals surface area (Å²) in [5.41, 5.74) is 2.05. The Hall–Kier alpha value is -2.17. The summed E-state index contributed by atoms with van der Waals surface area (Å²) >= 11 is 0. The molecule has 5 nitrogen and oxygen atoms in total. The van der Waals surface area contributed by atoms with Crippen molar-refractivity contribution in [1.29, 1.82) is 0 Å². The van der Waals surface area contributed by atoms with Crippen LogP contribution in [0.5, 0.6) is 0 Å². The van der Waals surface area contributed by atoms with Crippen LogP contribution in [0.2, 0.25) is 0 Å². The van der Waals surface area contributed by atoms with E-state index in [9.17, 15) is 4.79 Å². The topological polar surface area (TPSA) is 68.0 Å². The predicted octanol–water partition coefficient (Wildman–Crippen LogP) is 2.07. The minimum atomic E-state index is -0.0370. The molecular formula is C13H15N3O2. The molecular weight excluding hydrogens is 230 g/mol. The standard InChI is InChI=1S/C13H15N3O2/c1-3-11(17)14-8-12-15-16-13(18-12)10-6-4-9(2)5-7-10/h4-7H,3,8H2,1-2H3,(H,14,17). The summed E-state index contributed by atoms with van der Waals surface area (Å²) < 4.78 is 5.47. The van der Waals surface area contributed by atoms with Gasteiger partial charge in [0.05, 0.1) is 6.54 Å². The molecule has 0 fully saturated rings. The van der Waals surface area contributed by atoms with Crippen LogP contribution in [-0.4, -0.2) is 16.1 Å². The third-order valence-electron chi connectivity index (χ3n) is 2.52. The summed E-state index contributed by atoms with van der Waals surface area (Å²) in [5, 5.41) is 10.5. The van der Waals surface area contributed by atoms with E-state index in [-0.39, 0.29) is 12.5 Å². The third kappa shape index (κ3) is 2.94. The Balaban J connectivity index is 2.06. The van der Waals surface area contributed by atoms with Gasteiger partial charge in [-0.1, -0.05) is 24.6 Å². The number of nitrogens with zero attached hydrogens (tertiary/aromatic N) is 2. The average Bonchev–Trinajstić information content (AvgIpc) is 2.85. The van der Waals surface area contributed by atoms with Gasteiger partial charge in [-0.25, -0.2) is 0 Å².